The monoisotopic (exact) mass is 475 g/mol. The number of benzene rings is 2. The largest absolute Gasteiger partial charge is 0.300 e. The Bertz CT molecular complexity index is 1080. The van der Waals surface area contributed by atoms with Gasteiger partial charge in [0.05, 0.1) is 15.3 Å². The summed E-state index contributed by atoms with van der Waals surface area (Å²) in [6, 6.07) is 15.4. The topological polar surface area (TPSA) is 54.3 Å². The Balaban J connectivity index is 1.65. The summed E-state index contributed by atoms with van der Waals surface area (Å²) in [7, 11) is -2.78. The zero-order chi connectivity index (χ0) is 21.8. The molecule has 0 aliphatic carbocycles. The van der Waals surface area contributed by atoms with E-state index in [4.69, 9.17) is 0 Å². The summed E-state index contributed by atoms with van der Waals surface area (Å²) < 4.78 is 31.6. The molecule has 1 aliphatic heterocycles. The smallest absolute Gasteiger partial charge is 0.157 e. The second-order valence-electron chi connectivity index (χ2n) is 7.89. The molecule has 0 bridgehead atoms. The van der Waals surface area contributed by atoms with E-state index in [0.717, 1.165) is 41.0 Å². The molecular weight excluding hydrogens is 446 g/mol. The third-order valence-corrected chi connectivity index (χ3v) is 8.96. The van der Waals surface area contributed by atoms with Crippen molar-refractivity contribution < 1.29 is 8.42 Å². The molecule has 166 valence electrons. The third kappa shape index (κ3) is 5.14. The SMILES string of the molecule is CC(C)c1cccc2c1c(S(=O)NCCN1CCSCC1)cn2S(=O)c1ccccc1. The van der Waals surface area contributed by atoms with Crippen molar-refractivity contribution in [3.8, 4) is 0 Å². The number of fused-ring (bicyclic) bond motifs is 1. The Morgan fingerprint density at radius 1 is 1.03 bits per heavy atom. The minimum atomic E-state index is -1.40. The number of hydrogen-bond donors (Lipinski definition) is 1. The Labute approximate surface area is 193 Å². The molecule has 0 spiro atoms. The third-order valence-electron chi connectivity index (χ3n) is 5.50. The van der Waals surface area contributed by atoms with Crippen molar-refractivity contribution in [2.45, 2.75) is 29.6 Å². The normalized spacial score (nSPS) is 17.3. The van der Waals surface area contributed by atoms with Crippen LogP contribution in [0.1, 0.15) is 25.3 Å². The van der Waals surface area contributed by atoms with Crippen LogP contribution < -0.4 is 4.72 Å². The van der Waals surface area contributed by atoms with E-state index in [9.17, 15) is 8.42 Å². The maximum absolute atomic E-state index is 13.3. The minimum Gasteiger partial charge on any atom is -0.300 e. The molecule has 1 fully saturated rings. The molecule has 2 aromatic carbocycles. The summed E-state index contributed by atoms with van der Waals surface area (Å²) in [6.07, 6.45) is 1.81. The van der Waals surface area contributed by atoms with Gasteiger partial charge >= 0.3 is 0 Å². The molecule has 5 nitrogen and oxygen atoms in total. The Hall–Kier alpha value is -1.45. The van der Waals surface area contributed by atoms with Crippen molar-refractivity contribution >= 4 is 44.6 Å². The second-order valence-corrected chi connectivity index (χ2v) is 11.7. The summed E-state index contributed by atoms with van der Waals surface area (Å²) in [5, 5.41) is 0.946. The quantitative estimate of drug-likeness (QED) is 0.535. The lowest BCUT2D eigenvalue weighted by atomic mass is 9.99. The maximum Gasteiger partial charge on any atom is 0.157 e. The highest BCUT2D eigenvalue weighted by molar-refractivity contribution is 7.99. The van der Waals surface area contributed by atoms with Gasteiger partial charge in [0.2, 0.25) is 0 Å². The highest BCUT2D eigenvalue weighted by atomic mass is 32.2. The Kier molecular flexibility index (Phi) is 7.66. The van der Waals surface area contributed by atoms with Crippen LogP contribution in [0.5, 0.6) is 0 Å². The van der Waals surface area contributed by atoms with Crippen LogP contribution in [0.15, 0.2) is 64.5 Å². The first-order chi connectivity index (χ1) is 15.1. The van der Waals surface area contributed by atoms with E-state index < -0.39 is 22.0 Å². The van der Waals surface area contributed by atoms with Crippen molar-refractivity contribution in [1.82, 2.24) is 13.6 Å². The average Bonchev–Trinajstić information content (AvgIpc) is 3.19. The van der Waals surface area contributed by atoms with Gasteiger partial charge in [0.15, 0.2) is 11.0 Å². The fraction of sp³-hybridized carbons (Fsp3) is 0.391. The van der Waals surface area contributed by atoms with Crippen molar-refractivity contribution in [2.24, 2.45) is 0 Å². The molecule has 0 saturated carbocycles. The number of nitrogens with one attached hydrogen (secondary N) is 1. The van der Waals surface area contributed by atoms with Gasteiger partial charge in [-0.15, -0.1) is 0 Å². The summed E-state index contributed by atoms with van der Waals surface area (Å²) in [5.74, 6) is 2.60. The van der Waals surface area contributed by atoms with Gasteiger partial charge in [-0.25, -0.2) is 13.1 Å². The standard InChI is InChI=1S/C23H29N3O2S3/c1-18(2)20-9-6-10-21-23(20)22(17-26(21)31(28)19-7-4-3-5-8-19)30(27)24-11-12-25-13-15-29-16-14-25/h3-10,17-18,24H,11-16H2,1-2H3. The molecule has 1 N–H and O–H groups in total. The van der Waals surface area contributed by atoms with Crippen LogP contribution >= 0.6 is 11.8 Å². The molecule has 2 atom stereocenters. The van der Waals surface area contributed by atoms with Crippen molar-refractivity contribution in [3.63, 3.8) is 0 Å². The second kappa shape index (κ2) is 10.4. The number of thioether (sulfide) groups is 1. The predicted molar refractivity (Wildman–Crippen MR) is 132 cm³/mol. The van der Waals surface area contributed by atoms with Gasteiger partial charge in [-0.05, 0) is 29.7 Å². The van der Waals surface area contributed by atoms with Crippen LogP contribution in [-0.4, -0.2) is 55.0 Å². The summed E-state index contributed by atoms with van der Waals surface area (Å²) >= 11 is 1.99. The van der Waals surface area contributed by atoms with Crippen molar-refractivity contribution in [1.29, 1.82) is 0 Å². The zero-order valence-corrected chi connectivity index (χ0v) is 20.4. The lowest BCUT2D eigenvalue weighted by molar-refractivity contribution is 0.308. The van der Waals surface area contributed by atoms with Crippen LogP contribution in [0, 0.1) is 0 Å². The lowest BCUT2D eigenvalue weighted by Crippen LogP contribution is -2.38. The fourth-order valence-corrected chi connectivity index (χ4v) is 7.09. The number of rotatable bonds is 8. The van der Waals surface area contributed by atoms with E-state index >= 15 is 0 Å². The van der Waals surface area contributed by atoms with E-state index in [-0.39, 0.29) is 5.92 Å². The van der Waals surface area contributed by atoms with Crippen LogP contribution in [0.4, 0.5) is 0 Å². The number of nitrogens with zero attached hydrogens (tertiary/aromatic N) is 2. The van der Waals surface area contributed by atoms with E-state index in [1.54, 1.807) is 10.2 Å². The maximum atomic E-state index is 13.3. The molecule has 0 radical (unpaired) electrons. The molecule has 2 unspecified atom stereocenters. The van der Waals surface area contributed by atoms with Gasteiger partial charge < -0.3 is 4.90 Å². The lowest BCUT2D eigenvalue weighted by Gasteiger charge is -2.25. The highest BCUT2D eigenvalue weighted by Gasteiger charge is 2.21. The van der Waals surface area contributed by atoms with E-state index in [0.29, 0.717) is 11.4 Å². The first-order valence-corrected chi connectivity index (χ1v) is 14.0. The number of hydrogen-bond acceptors (Lipinski definition) is 4. The van der Waals surface area contributed by atoms with Gasteiger partial charge in [0.1, 0.15) is 11.0 Å². The Morgan fingerprint density at radius 3 is 2.48 bits per heavy atom. The fourth-order valence-electron chi connectivity index (χ4n) is 3.86. The van der Waals surface area contributed by atoms with Gasteiger partial charge in [0.25, 0.3) is 0 Å². The van der Waals surface area contributed by atoms with Crippen LogP contribution in [0.25, 0.3) is 10.9 Å². The van der Waals surface area contributed by atoms with Gasteiger partial charge in [-0.3, -0.25) is 3.97 Å². The van der Waals surface area contributed by atoms with Gasteiger partial charge in [-0.1, -0.05) is 44.2 Å². The highest BCUT2D eigenvalue weighted by Crippen LogP contribution is 2.33. The summed E-state index contributed by atoms with van der Waals surface area (Å²) in [4.78, 5) is 3.84. The van der Waals surface area contributed by atoms with Crippen LogP contribution in [0.3, 0.4) is 0 Å². The summed E-state index contributed by atoms with van der Waals surface area (Å²) in [5.41, 5.74) is 1.98. The van der Waals surface area contributed by atoms with E-state index in [1.807, 2.05) is 54.2 Å². The zero-order valence-electron chi connectivity index (χ0n) is 18.0. The minimum absolute atomic E-state index is 0.270. The molecule has 1 aromatic heterocycles. The molecule has 3 aromatic rings. The molecule has 2 heterocycles. The van der Waals surface area contributed by atoms with Crippen molar-refractivity contribution in [2.75, 3.05) is 37.7 Å². The Morgan fingerprint density at radius 2 is 1.77 bits per heavy atom. The van der Waals surface area contributed by atoms with Crippen LogP contribution in [0.2, 0.25) is 0 Å². The molecule has 31 heavy (non-hydrogen) atoms. The van der Waals surface area contributed by atoms with E-state index in [2.05, 4.69) is 29.5 Å². The molecule has 4 rings (SSSR count). The molecule has 8 heteroatoms. The summed E-state index contributed by atoms with van der Waals surface area (Å²) in [6.45, 7) is 7.99. The van der Waals surface area contributed by atoms with Gasteiger partial charge in [-0.2, -0.15) is 11.8 Å². The molecular formula is C23H29N3O2S3. The van der Waals surface area contributed by atoms with Crippen LogP contribution in [-0.2, 0) is 22.0 Å². The molecule has 1 saturated heterocycles. The first-order valence-electron chi connectivity index (χ1n) is 10.6. The van der Waals surface area contributed by atoms with Gasteiger partial charge in [0, 0.05) is 49.3 Å². The van der Waals surface area contributed by atoms with E-state index in [1.165, 1.54) is 11.5 Å². The molecule has 0 amide bonds. The van der Waals surface area contributed by atoms with Crippen molar-refractivity contribution in [3.05, 3.63) is 60.3 Å². The molecule has 1 aliphatic rings. The average molecular weight is 476 g/mol. The first kappa shape index (κ1) is 22.7. The predicted octanol–water partition coefficient (Wildman–Crippen LogP) is 4.00. The number of aromatic nitrogens is 1.